The molecule has 0 unspecified atom stereocenters. The number of nitrogens with zero attached hydrogens (tertiary/aromatic N) is 1. The van der Waals surface area contributed by atoms with Crippen LogP contribution in [-0.2, 0) is 0 Å². The van der Waals surface area contributed by atoms with E-state index < -0.39 is 11.6 Å². The van der Waals surface area contributed by atoms with Crippen molar-refractivity contribution in [3.05, 3.63) is 36.0 Å². The Bertz CT molecular complexity index is 497. The highest BCUT2D eigenvalue weighted by molar-refractivity contribution is 5.91. The summed E-state index contributed by atoms with van der Waals surface area (Å²) in [5.41, 5.74) is 0.632. The molecule has 1 aromatic carbocycles. The van der Waals surface area contributed by atoms with Crippen molar-refractivity contribution < 1.29 is 8.78 Å². The van der Waals surface area contributed by atoms with Gasteiger partial charge in [0.1, 0.15) is 17.2 Å². The van der Waals surface area contributed by atoms with Gasteiger partial charge in [-0.2, -0.15) is 0 Å². The van der Waals surface area contributed by atoms with Crippen LogP contribution in [0, 0.1) is 11.6 Å². The van der Waals surface area contributed by atoms with Crippen molar-refractivity contribution in [3.8, 4) is 0 Å². The number of hydrogen-bond acceptors (Lipinski definition) is 2. The number of rotatable bonds is 2. The van der Waals surface area contributed by atoms with E-state index >= 15 is 0 Å². The second kappa shape index (κ2) is 3.81. The Morgan fingerprint density at radius 1 is 1.20 bits per heavy atom. The van der Waals surface area contributed by atoms with Gasteiger partial charge >= 0.3 is 0 Å². The van der Waals surface area contributed by atoms with Crippen LogP contribution in [-0.4, -0.2) is 11.5 Å². The fraction of sp³-hybridized carbons (Fsp3) is 0.182. The summed E-state index contributed by atoms with van der Waals surface area (Å²) < 4.78 is 26.8. The van der Waals surface area contributed by atoms with Gasteiger partial charge in [-0.3, -0.25) is 4.98 Å². The molecule has 0 aliphatic rings. The van der Waals surface area contributed by atoms with E-state index in [0.29, 0.717) is 12.2 Å². The highest BCUT2D eigenvalue weighted by Gasteiger charge is 2.10. The van der Waals surface area contributed by atoms with Crippen LogP contribution >= 0.6 is 0 Å². The smallest absolute Gasteiger partial charge is 0.149 e. The first-order valence-corrected chi connectivity index (χ1v) is 4.70. The van der Waals surface area contributed by atoms with E-state index in [1.165, 1.54) is 6.20 Å². The van der Waals surface area contributed by atoms with Crippen molar-refractivity contribution in [2.45, 2.75) is 6.92 Å². The van der Waals surface area contributed by atoms with Crippen LogP contribution in [0.2, 0.25) is 0 Å². The molecule has 0 radical (unpaired) electrons. The topological polar surface area (TPSA) is 24.9 Å². The maximum Gasteiger partial charge on any atom is 0.149 e. The zero-order valence-corrected chi connectivity index (χ0v) is 8.22. The van der Waals surface area contributed by atoms with Crippen molar-refractivity contribution >= 4 is 16.6 Å². The van der Waals surface area contributed by atoms with Gasteiger partial charge in [-0.05, 0) is 25.1 Å². The number of nitrogens with one attached hydrogen (secondary N) is 1. The van der Waals surface area contributed by atoms with Gasteiger partial charge in [-0.15, -0.1) is 0 Å². The highest BCUT2D eigenvalue weighted by Crippen LogP contribution is 2.26. The van der Waals surface area contributed by atoms with Crippen molar-refractivity contribution in [3.63, 3.8) is 0 Å². The minimum Gasteiger partial charge on any atom is -0.385 e. The normalized spacial score (nSPS) is 10.6. The van der Waals surface area contributed by atoms with Gasteiger partial charge < -0.3 is 5.32 Å². The summed E-state index contributed by atoms with van der Waals surface area (Å²) in [7, 11) is 0. The van der Waals surface area contributed by atoms with E-state index in [2.05, 4.69) is 10.3 Å². The first-order valence-electron chi connectivity index (χ1n) is 4.70. The molecule has 1 N–H and O–H groups in total. The molecule has 0 spiro atoms. The second-order valence-electron chi connectivity index (χ2n) is 3.14. The van der Waals surface area contributed by atoms with Gasteiger partial charge in [-0.1, -0.05) is 0 Å². The quantitative estimate of drug-likeness (QED) is 0.820. The van der Waals surface area contributed by atoms with Crippen LogP contribution in [0.5, 0.6) is 0 Å². The van der Waals surface area contributed by atoms with Crippen LogP contribution in [0.3, 0.4) is 0 Å². The molecule has 2 nitrogen and oxygen atoms in total. The summed E-state index contributed by atoms with van der Waals surface area (Å²) in [6.45, 7) is 2.54. The number of aromatic nitrogens is 1. The third-order valence-electron chi connectivity index (χ3n) is 2.16. The molecule has 2 rings (SSSR count). The second-order valence-corrected chi connectivity index (χ2v) is 3.14. The molecule has 15 heavy (non-hydrogen) atoms. The average Bonchev–Trinajstić information content (AvgIpc) is 2.24. The van der Waals surface area contributed by atoms with Crippen LogP contribution in [0.25, 0.3) is 10.9 Å². The number of hydrogen-bond donors (Lipinski definition) is 1. The standard InChI is InChI=1S/C11H10F2N2/c1-2-14-9-5-6-15-11-8(13)4-3-7(12)10(9)11/h3-6H,2H2,1H3,(H,14,15). The van der Waals surface area contributed by atoms with E-state index in [1.54, 1.807) is 6.07 Å². The fourth-order valence-electron chi connectivity index (χ4n) is 1.53. The SMILES string of the molecule is CCNc1ccnc2c(F)ccc(F)c12. The lowest BCUT2D eigenvalue weighted by Gasteiger charge is -2.08. The molecular formula is C11H10F2N2. The van der Waals surface area contributed by atoms with Crippen LogP contribution in [0.1, 0.15) is 6.92 Å². The molecule has 0 atom stereocenters. The third kappa shape index (κ3) is 1.63. The molecule has 0 saturated heterocycles. The largest absolute Gasteiger partial charge is 0.385 e. The summed E-state index contributed by atoms with van der Waals surface area (Å²) in [5, 5.41) is 3.18. The Morgan fingerprint density at radius 3 is 2.67 bits per heavy atom. The van der Waals surface area contributed by atoms with Crippen LogP contribution in [0.15, 0.2) is 24.4 Å². The molecule has 0 fully saturated rings. The van der Waals surface area contributed by atoms with Crippen molar-refractivity contribution in [2.24, 2.45) is 0 Å². The summed E-state index contributed by atoms with van der Waals surface area (Å²) >= 11 is 0. The minimum absolute atomic E-state index is 0.0634. The maximum atomic E-state index is 13.5. The summed E-state index contributed by atoms with van der Waals surface area (Å²) in [6.07, 6.45) is 1.46. The molecule has 78 valence electrons. The first kappa shape index (κ1) is 9.83. The van der Waals surface area contributed by atoms with Crippen molar-refractivity contribution in [1.82, 2.24) is 4.98 Å². The van der Waals surface area contributed by atoms with Gasteiger partial charge in [0.25, 0.3) is 0 Å². The molecule has 1 heterocycles. The molecule has 2 aromatic rings. The average molecular weight is 208 g/mol. The lowest BCUT2D eigenvalue weighted by atomic mass is 10.1. The zero-order valence-electron chi connectivity index (χ0n) is 8.22. The molecule has 0 saturated carbocycles. The third-order valence-corrected chi connectivity index (χ3v) is 2.16. The van der Waals surface area contributed by atoms with E-state index in [-0.39, 0.29) is 10.9 Å². The van der Waals surface area contributed by atoms with Gasteiger partial charge in [-0.25, -0.2) is 8.78 Å². The first-order chi connectivity index (χ1) is 7.24. The predicted octanol–water partition coefficient (Wildman–Crippen LogP) is 2.94. The molecular weight excluding hydrogens is 198 g/mol. The maximum absolute atomic E-state index is 13.5. The Balaban J connectivity index is 2.78. The summed E-state index contributed by atoms with van der Waals surface area (Å²) in [4.78, 5) is 3.83. The number of benzene rings is 1. The van der Waals surface area contributed by atoms with Gasteiger partial charge in [0, 0.05) is 18.4 Å². The van der Waals surface area contributed by atoms with E-state index in [4.69, 9.17) is 0 Å². The zero-order chi connectivity index (χ0) is 10.8. The Labute approximate surface area is 85.9 Å². The molecule has 0 amide bonds. The van der Waals surface area contributed by atoms with Gasteiger partial charge in [0.15, 0.2) is 0 Å². The molecule has 0 aliphatic heterocycles. The van der Waals surface area contributed by atoms with E-state index in [1.807, 2.05) is 6.92 Å². The van der Waals surface area contributed by atoms with Crippen LogP contribution < -0.4 is 5.32 Å². The molecule has 4 heteroatoms. The van der Waals surface area contributed by atoms with E-state index in [9.17, 15) is 8.78 Å². The monoisotopic (exact) mass is 208 g/mol. The number of halogens is 2. The number of fused-ring (bicyclic) bond motifs is 1. The number of anilines is 1. The van der Waals surface area contributed by atoms with Crippen molar-refractivity contribution in [2.75, 3.05) is 11.9 Å². The van der Waals surface area contributed by atoms with E-state index in [0.717, 1.165) is 12.1 Å². The minimum atomic E-state index is -0.508. The van der Waals surface area contributed by atoms with Gasteiger partial charge in [0.05, 0.1) is 5.39 Å². The summed E-state index contributed by atoms with van der Waals surface area (Å²) in [5.74, 6) is -0.971. The Kier molecular flexibility index (Phi) is 2.49. The highest BCUT2D eigenvalue weighted by atomic mass is 19.1. The molecule has 1 aromatic heterocycles. The van der Waals surface area contributed by atoms with Gasteiger partial charge in [0.2, 0.25) is 0 Å². The van der Waals surface area contributed by atoms with Crippen molar-refractivity contribution in [1.29, 1.82) is 0 Å². The Hall–Kier alpha value is -1.71. The Morgan fingerprint density at radius 2 is 1.93 bits per heavy atom. The lowest BCUT2D eigenvalue weighted by Crippen LogP contribution is -1.99. The molecule has 0 aliphatic carbocycles. The molecule has 0 bridgehead atoms. The van der Waals surface area contributed by atoms with Crippen LogP contribution in [0.4, 0.5) is 14.5 Å². The predicted molar refractivity (Wildman–Crippen MR) is 55.8 cm³/mol. The summed E-state index contributed by atoms with van der Waals surface area (Å²) in [6, 6.07) is 3.83. The fourth-order valence-corrected chi connectivity index (χ4v) is 1.53. The lowest BCUT2D eigenvalue weighted by molar-refractivity contribution is 0.615. The number of pyridine rings is 1.